The number of rotatable bonds is 3. The Hall–Kier alpha value is -1.43. The van der Waals surface area contributed by atoms with Crippen molar-refractivity contribution in [2.45, 2.75) is 0 Å². The summed E-state index contributed by atoms with van der Waals surface area (Å²) in [6.07, 6.45) is 1.05. The summed E-state index contributed by atoms with van der Waals surface area (Å²) in [5, 5.41) is 3.18. The lowest BCUT2D eigenvalue weighted by molar-refractivity contribution is 0.607. The highest BCUT2D eigenvalue weighted by Gasteiger charge is 2.05. The molecule has 0 aliphatic carbocycles. The molecule has 0 saturated carbocycles. The van der Waals surface area contributed by atoms with Gasteiger partial charge in [-0.05, 0) is 12.1 Å². The molecule has 1 aromatic rings. The van der Waals surface area contributed by atoms with Crippen molar-refractivity contribution in [2.75, 3.05) is 11.0 Å². The van der Waals surface area contributed by atoms with Gasteiger partial charge in [0.1, 0.15) is 5.69 Å². The maximum absolute atomic E-state index is 10.9. The van der Waals surface area contributed by atoms with Crippen LogP contribution in [0.3, 0.4) is 0 Å². The second-order valence-corrected chi connectivity index (χ2v) is 4.25. The van der Waals surface area contributed by atoms with Crippen LogP contribution < -0.4 is 4.72 Å². The smallest absolute Gasteiger partial charge is 0.229 e. The Morgan fingerprint density at radius 1 is 1.38 bits per heavy atom. The number of benzene rings is 1. The normalized spacial score (nSPS) is 10.8. The van der Waals surface area contributed by atoms with Crippen molar-refractivity contribution in [3.63, 3.8) is 0 Å². The summed E-state index contributed by atoms with van der Waals surface area (Å²) >= 11 is 0. The highest BCUT2D eigenvalue weighted by Crippen LogP contribution is 2.24. The minimum absolute atomic E-state index is 0.299. The third kappa shape index (κ3) is 2.83. The highest BCUT2D eigenvalue weighted by atomic mass is 32.2. The maximum Gasteiger partial charge on any atom is 0.229 e. The van der Waals surface area contributed by atoms with Crippen LogP contribution in [0.15, 0.2) is 29.4 Å². The molecule has 0 saturated heterocycles. The first-order valence-electron chi connectivity index (χ1n) is 3.47. The molecule has 0 aliphatic heterocycles. The number of nitrogens with one attached hydrogen (secondary N) is 2. The van der Waals surface area contributed by atoms with Crippen LogP contribution in [0.4, 0.5) is 11.4 Å². The van der Waals surface area contributed by atoms with Crippen LogP contribution in [-0.4, -0.2) is 14.7 Å². The van der Waals surface area contributed by atoms with Crippen LogP contribution in [0.2, 0.25) is 0 Å². The number of hydrogen-bond acceptors (Lipinski definition) is 4. The zero-order chi connectivity index (χ0) is 9.90. The van der Waals surface area contributed by atoms with Gasteiger partial charge >= 0.3 is 0 Å². The summed E-state index contributed by atoms with van der Waals surface area (Å²) in [4.78, 5) is 0. The van der Waals surface area contributed by atoms with Crippen molar-refractivity contribution in [2.24, 2.45) is 5.11 Å². The molecule has 0 aromatic heterocycles. The van der Waals surface area contributed by atoms with Crippen LogP contribution in [0.1, 0.15) is 0 Å². The van der Waals surface area contributed by atoms with Crippen molar-refractivity contribution in [3.8, 4) is 0 Å². The molecule has 0 aliphatic rings. The predicted molar refractivity (Wildman–Crippen MR) is 49.7 cm³/mol. The molecular weight excluding hydrogens is 190 g/mol. The number of para-hydroxylation sites is 2. The minimum atomic E-state index is -3.30. The van der Waals surface area contributed by atoms with Gasteiger partial charge in [0.15, 0.2) is 0 Å². The van der Waals surface area contributed by atoms with E-state index in [1.54, 1.807) is 24.3 Å². The Morgan fingerprint density at radius 3 is 2.54 bits per heavy atom. The fourth-order valence-corrected chi connectivity index (χ4v) is 1.43. The highest BCUT2D eigenvalue weighted by molar-refractivity contribution is 7.92. The minimum Gasteiger partial charge on any atom is -0.282 e. The van der Waals surface area contributed by atoms with Crippen LogP contribution in [0, 0.1) is 5.53 Å². The Labute approximate surface area is 76.3 Å². The summed E-state index contributed by atoms with van der Waals surface area (Å²) < 4.78 is 24.0. The summed E-state index contributed by atoms with van der Waals surface area (Å²) in [5.41, 5.74) is 7.40. The SMILES string of the molecule is CS(=O)(=O)Nc1ccccc1N=N. The van der Waals surface area contributed by atoms with Gasteiger partial charge in [0.25, 0.3) is 0 Å². The van der Waals surface area contributed by atoms with Crippen LogP contribution >= 0.6 is 0 Å². The number of hydrogen-bond donors (Lipinski definition) is 2. The monoisotopic (exact) mass is 199 g/mol. The van der Waals surface area contributed by atoms with Crippen molar-refractivity contribution in [1.82, 2.24) is 0 Å². The van der Waals surface area contributed by atoms with Gasteiger partial charge in [0.2, 0.25) is 10.0 Å². The number of anilines is 1. The van der Waals surface area contributed by atoms with Crippen LogP contribution in [0.5, 0.6) is 0 Å². The predicted octanol–water partition coefficient (Wildman–Crippen LogP) is 1.72. The Kier molecular flexibility index (Phi) is 2.62. The van der Waals surface area contributed by atoms with Crippen molar-refractivity contribution < 1.29 is 8.42 Å². The molecule has 70 valence electrons. The lowest BCUT2D eigenvalue weighted by Crippen LogP contribution is -2.09. The second-order valence-electron chi connectivity index (χ2n) is 2.50. The van der Waals surface area contributed by atoms with Crippen LogP contribution in [-0.2, 0) is 10.0 Å². The summed E-state index contributed by atoms with van der Waals surface area (Å²) in [5.74, 6) is 0. The maximum atomic E-state index is 10.9. The summed E-state index contributed by atoms with van der Waals surface area (Å²) in [6, 6.07) is 6.46. The van der Waals surface area contributed by atoms with Gasteiger partial charge in [-0.2, -0.15) is 5.11 Å². The van der Waals surface area contributed by atoms with Crippen molar-refractivity contribution in [1.29, 1.82) is 5.53 Å². The van der Waals surface area contributed by atoms with E-state index in [9.17, 15) is 8.42 Å². The molecule has 0 atom stereocenters. The molecule has 0 fully saturated rings. The number of nitrogens with zero attached hydrogens (tertiary/aromatic N) is 1. The Balaban J connectivity index is 3.08. The van der Waals surface area contributed by atoms with Crippen LogP contribution in [0.25, 0.3) is 0 Å². The molecular formula is C7H9N3O2S. The van der Waals surface area contributed by atoms with E-state index in [0.29, 0.717) is 11.4 Å². The Morgan fingerprint density at radius 2 is 2.00 bits per heavy atom. The fraction of sp³-hybridized carbons (Fsp3) is 0.143. The van der Waals surface area contributed by atoms with E-state index in [4.69, 9.17) is 5.53 Å². The van der Waals surface area contributed by atoms with E-state index in [0.717, 1.165) is 6.26 Å². The fourth-order valence-electron chi connectivity index (χ4n) is 0.857. The third-order valence-corrected chi connectivity index (χ3v) is 1.91. The first-order chi connectivity index (χ1) is 6.03. The molecule has 5 nitrogen and oxygen atoms in total. The molecule has 0 amide bonds. The van der Waals surface area contributed by atoms with E-state index in [2.05, 4.69) is 9.84 Å². The van der Waals surface area contributed by atoms with Gasteiger partial charge in [0.05, 0.1) is 11.9 Å². The van der Waals surface area contributed by atoms with Gasteiger partial charge in [0, 0.05) is 0 Å². The van der Waals surface area contributed by atoms with E-state index in [1.807, 2.05) is 0 Å². The molecule has 0 spiro atoms. The number of sulfonamides is 1. The van der Waals surface area contributed by atoms with Gasteiger partial charge in [-0.15, -0.1) is 0 Å². The van der Waals surface area contributed by atoms with E-state index in [1.165, 1.54) is 0 Å². The molecule has 1 rings (SSSR count). The first kappa shape index (κ1) is 9.66. The zero-order valence-electron chi connectivity index (χ0n) is 6.98. The topological polar surface area (TPSA) is 82.4 Å². The standard InChI is InChI=1S/C7H9N3O2S/c1-13(11,12)10-7-5-3-2-4-6(7)9-8/h2-5,8,10H,1H3. The van der Waals surface area contributed by atoms with Gasteiger partial charge < -0.3 is 0 Å². The average molecular weight is 199 g/mol. The Bertz CT molecular complexity index is 414. The largest absolute Gasteiger partial charge is 0.282 e. The molecule has 6 heteroatoms. The van der Waals surface area contributed by atoms with Gasteiger partial charge in [-0.1, -0.05) is 12.1 Å². The summed E-state index contributed by atoms with van der Waals surface area (Å²) in [6.45, 7) is 0. The molecule has 0 unspecified atom stereocenters. The molecule has 0 radical (unpaired) electrons. The average Bonchev–Trinajstić information content (AvgIpc) is 2.02. The summed E-state index contributed by atoms with van der Waals surface area (Å²) in [7, 11) is -3.30. The third-order valence-electron chi connectivity index (χ3n) is 1.32. The second kappa shape index (κ2) is 3.53. The lowest BCUT2D eigenvalue weighted by Gasteiger charge is -2.04. The molecule has 2 N–H and O–H groups in total. The van der Waals surface area contributed by atoms with Crippen molar-refractivity contribution in [3.05, 3.63) is 24.3 Å². The van der Waals surface area contributed by atoms with E-state index in [-0.39, 0.29) is 0 Å². The molecule has 0 heterocycles. The molecule has 0 bridgehead atoms. The first-order valence-corrected chi connectivity index (χ1v) is 5.36. The van der Waals surface area contributed by atoms with E-state index >= 15 is 0 Å². The quantitative estimate of drug-likeness (QED) is 0.726. The van der Waals surface area contributed by atoms with E-state index < -0.39 is 10.0 Å². The van der Waals surface area contributed by atoms with Gasteiger partial charge in [-0.3, -0.25) is 4.72 Å². The lowest BCUT2D eigenvalue weighted by atomic mass is 10.3. The molecule has 13 heavy (non-hydrogen) atoms. The van der Waals surface area contributed by atoms with Gasteiger partial charge in [-0.25, -0.2) is 13.9 Å². The molecule has 1 aromatic carbocycles. The van der Waals surface area contributed by atoms with Crippen molar-refractivity contribution >= 4 is 21.4 Å². The zero-order valence-corrected chi connectivity index (χ0v) is 7.80.